The van der Waals surface area contributed by atoms with Crippen molar-refractivity contribution < 1.29 is 19.0 Å². The van der Waals surface area contributed by atoms with Gasteiger partial charge in [0.1, 0.15) is 6.04 Å². The van der Waals surface area contributed by atoms with E-state index >= 15 is 0 Å². The first-order valence-electron chi connectivity index (χ1n) is 10.3. The van der Waals surface area contributed by atoms with Crippen molar-refractivity contribution in [3.05, 3.63) is 56.4 Å². The number of nitrogens with one attached hydrogen (secondary N) is 1. The van der Waals surface area contributed by atoms with E-state index < -0.39 is 16.9 Å². The van der Waals surface area contributed by atoms with E-state index in [2.05, 4.69) is 15.4 Å². The topological polar surface area (TPSA) is 122 Å². The summed E-state index contributed by atoms with van der Waals surface area (Å²) in [6.07, 6.45) is 0. The SMILES string of the molecule is Cc1cc(CN2CCN(C(=O)C(NC(=O)c3ccc([N+](=O)[O-])cc3Cl)C(C)C)CC2)on1. The lowest BCUT2D eigenvalue weighted by Crippen LogP contribution is -2.56. The second kappa shape index (κ2) is 10.1. The lowest BCUT2D eigenvalue weighted by molar-refractivity contribution is -0.384. The molecule has 2 heterocycles. The molecule has 172 valence electrons. The van der Waals surface area contributed by atoms with Crippen molar-refractivity contribution in [3.8, 4) is 0 Å². The Morgan fingerprint density at radius 1 is 1.25 bits per heavy atom. The highest BCUT2D eigenvalue weighted by Gasteiger charge is 2.31. The number of aryl methyl sites for hydroxylation is 1. The molecule has 0 radical (unpaired) electrons. The van der Waals surface area contributed by atoms with E-state index in [0.717, 1.165) is 17.5 Å². The van der Waals surface area contributed by atoms with Crippen LogP contribution in [0.25, 0.3) is 0 Å². The third-order valence-corrected chi connectivity index (χ3v) is 5.68. The van der Waals surface area contributed by atoms with Gasteiger partial charge in [-0.05, 0) is 18.9 Å². The largest absolute Gasteiger partial charge is 0.360 e. The molecule has 1 aliphatic rings. The smallest absolute Gasteiger partial charge is 0.270 e. The summed E-state index contributed by atoms with van der Waals surface area (Å²) >= 11 is 6.07. The predicted molar refractivity (Wildman–Crippen MR) is 117 cm³/mol. The number of nitro benzene ring substituents is 1. The number of carbonyl (C=O) groups is 2. The molecule has 1 fully saturated rings. The Morgan fingerprint density at radius 2 is 1.94 bits per heavy atom. The highest BCUT2D eigenvalue weighted by atomic mass is 35.5. The Bertz CT molecular complexity index is 1000. The predicted octanol–water partition coefficient (Wildman–Crippen LogP) is 2.64. The Labute approximate surface area is 190 Å². The minimum atomic E-state index is -0.739. The number of amides is 2. The van der Waals surface area contributed by atoms with Crippen LogP contribution in [-0.4, -0.2) is 63.9 Å². The lowest BCUT2D eigenvalue weighted by Gasteiger charge is -2.37. The summed E-state index contributed by atoms with van der Waals surface area (Å²) in [6.45, 7) is 8.62. The highest BCUT2D eigenvalue weighted by molar-refractivity contribution is 6.34. The summed E-state index contributed by atoms with van der Waals surface area (Å²) < 4.78 is 5.26. The maximum Gasteiger partial charge on any atom is 0.270 e. The number of benzene rings is 1. The molecule has 3 rings (SSSR count). The fourth-order valence-corrected chi connectivity index (χ4v) is 3.83. The maximum atomic E-state index is 13.1. The van der Waals surface area contributed by atoms with Gasteiger partial charge in [0, 0.05) is 44.4 Å². The number of halogens is 1. The molecule has 11 heteroatoms. The molecule has 1 aliphatic heterocycles. The normalized spacial score (nSPS) is 15.6. The average molecular weight is 464 g/mol. The molecule has 10 nitrogen and oxygen atoms in total. The first-order chi connectivity index (χ1) is 15.2. The van der Waals surface area contributed by atoms with Crippen molar-refractivity contribution in [3.63, 3.8) is 0 Å². The first kappa shape index (κ1) is 23.7. The monoisotopic (exact) mass is 463 g/mol. The molecule has 1 aromatic heterocycles. The van der Waals surface area contributed by atoms with Gasteiger partial charge >= 0.3 is 0 Å². The average Bonchev–Trinajstić information content (AvgIpc) is 3.16. The second-order valence-corrected chi connectivity index (χ2v) is 8.56. The van der Waals surface area contributed by atoms with Crippen LogP contribution in [0.2, 0.25) is 5.02 Å². The number of nitrogens with zero attached hydrogens (tertiary/aromatic N) is 4. The Hall–Kier alpha value is -2.98. The van der Waals surface area contributed by atoms with Crippen molar-refractivity contribution in [1.82, 2.24) is 20.3 Å². The number of aromatic nitrogens is 1. The number of hydrogen-bond donors (Lipinski definition) is 1. The number of hydrogen-bond acceptors (Lipinski definition) is 7. The number of rotatable bonds is 7. The summed E-state index contributed by atoms with van der Waals surface area (Å²) in [5.41, 5.74) is 0.710. The molecule has 1 unspecified atom stereocenters. The van der Waals surface area contributed by atoms with Crippen LogP contribution >= 0.6 is 11.6 Å². The van der Waals surface area contributed by atoms with E-state index in [-0.39, 0.29) is 28.1 Å². The van der Waals surface area contributed by atoms with Gasteiger partial charge in [-0.3, -0.25) is 24.6 Å². The molecule has 0 spiro atoms. The molecular weight excluding hydrogens is 438 g/mol. The molecular formula is C21H26ClN5O5. The quantitative estimate of drug-likeness (QED) is 0.494. The second-order valence-electron chi connectivity index (χ2n) is 8.15. The van der Waals surface area contributed by atoms with Crippen molar-refractivity contribution in [2.45, 2.75) is 33.4 Å². The lowest BCUT2D eigenvalue weighted by atomic mass is 10.0. The molecule has 1 N–H and O–H groups in total. The van der Waals surface area contributed by atoms with Gasteiger partial charge in [0.25, 0.3) is 11.6 Å². The van der Waals surface area contributed by atoms with E-state index in [0.29, 0.717) is 32.7 Å². The van der Waals surface area contributed by atoms with Crippen molar-refractivity contribution in [2.75, 3.05) is 26.2 Å². The van der Waals surface area contributed by atoms with Gasteiger partial charge in [-0.2, -0.15) is 0 Å². The zero-order valence-corrected chi connectivity index (χ0v) is 19.0. The van der Waals surface area contributed by atoms with Gasteiger partial charge in [-0.1, -0.05) is 30.6 Å². The van der Waals surface area contributed by atoms with Crippen LogP contribution in [0.15, 0.2) is 28.8 Å². The molecule has 1 aromatic carbocycles. The van der Waals surface area contributed by atoms with Crippen LogP contribution in [0.5, 0.6) is 0 Å². The van der Waals surface area contributed by atoms with Crippen LogP contribution in [-0.2, 0) is 11.3 Å². The van der Waals surface area contributed by atoms with Gasteiger partial charge in [0.05, 0.1) is 27.7 Å². The summed E-state index contributed by atoms with van der Waals surface area (Å²) in [7, 11) is 0. The van der Waals surface area contributed by atoms with Crippen molar-refractivity contribution >= 4 is 29.1 Å². The van der Waals surface area contributed by atoms with E-state index in [1.165, 1.54) is 12.1 Å². The van der Waals surface area contributed by atoms with Crippen LogP contribution in [0.3, 0.4) is 0 Å². The zero-order valence-electron chi connectivity index (χ0n) is 18.2. The van der Waals surface area contributed by atoms with Crippen molar-refractivity contribution in [2.24, 2.45) is 5.92 Å². The minimum Gasteiger partial charge on any atom is -0.360 e. The molecule has 1 atom stereocenters. The third-order valence-electron chi connectivity index (χ3n) is 5.37. The summed E-state index contributed by atoms with van der Waals surface area (Å²) in [6, 6.07) is 4.78. The highest BCUT2D eigenvalue weighted by Crippen LogP contribution is 2.23. The first-order valence-corrected chi connectivity index (χ1v) is 10.7. The standard InChI is InChI=1S/C21H26ClN5O5/c1-13(2)19(23-20(28)17-5-4-15(27(30)31)11-18(17)22)21(29)26-8-6-25(7-9-26)12-16-10-14(3)24-32-16/h4-5,10-11,13,19H,6-9,12H2,1-3H3,(H,23,28). The zero-order chi connectivity index (χ0) is 23.4. The number of carbonyl (C=O) groups excluding carboxylic acids is 2. The summed E-state index contributed by atoms with van der Waals surface area (Å²) in [5.74, 6) is -0.0779. The van der Waals surface area contributed by atoms with Crippen LogP contribution < -0.4 is 5.32 Å². The number of non-ortho nitro benzene ring substituents is 1. The third kappa shape index (κ3) is 5.63. The van der Waals surface area contributed by atoms with Crippen LogP contribution in [0.4, 0.5) is 5.69 Å². The van der Waals surface area contributed by atoms with E-state index in [9.17, 15) is 19.7 Å². The summed E-state index contributed by atoms with van der Waals surface area (Å²) in [4.78, 5) is 40.1. The Kier molecular flexibility index (Phi) is 7.47. The molecule has 0 bridgehead atoms. The van der Waals surface area contributed by atoms with Crippen LogP contribution in [0.1, 0.15) is 35.7 Å². The molecule has 2 aromatic rings. The fraction of sp³-hybridized carbons (Fsp3) is 0.476. The summed E-state index contributed by atoms with van der Waals surface area (Å²) in [5, 5.41) is 17.5. The van der Waals surface area contributed by atoms with Gasteiger partial charge in [-0.25, -0.2) is 0 Å². The number of nitro groups is 1. The van der Waals surface area contributed by atoms with Gasteiger partial charge < -0.3 is 14.7 Å². The Balaban J connectivity index is 1.61. The van der Waals surface area contributed by atoms with E-state index in [1.807, 2.05) is 26.8 Å². The van der Waals surface area contributed by atoms with E-state index in [4.69, 9.17) is 16.1 Å². The van der Waals surface area contributed by atoms with Crippen LogP contribution in [0, 0.1) is 23.0 Å². The Morgan fingerprint density at radius 3 is 2.47 bits per heavy atom. The van der Waals surface area contributed by atoms with Gasteiger partial charge in [0.2, 0.25) is 5.91 Å². The molecule has 1 saturated heterocycles. The van der Waals surface area contributed by atoms with Crippen molar-refractivity contribution in [1.29, 1.82) is 0 Å². The molecule has 32 heavy (non-hydrogen) atoms. The minimum absolute atomic E-state index is 0.0390. The molecule has 2 amide bonds. The number of piperazine rings is 1. The van der Waals surface area contributed by atoms with E-state index in [1.54, 1.807) is 4.90 Å². The maximum absolute atomic E-state index is 13.1. The van der Waals surface area contributed by atoms with Gasteiger partial charge in [-0.15, -0.1) is 0 Å². The molecule has 0 saturated carbocycles. The molecule has 0 aliphatic carbocycles. The van der Waals surface area contributed by atoms with Gasteiger partial charge in [0.15, 0.2) is 5.76 Å². The fourth-order valence-electron chi connectivity index (χ4n) is 3.57.